The number of benzene rings is 1. The van der Waals surface area contributed by atoms with Gasteiger partial charge in [0.2, 0.25) is 0 Å². The number of H-pyrrole nitrogens is 1. The highest BCUT2D eigenvalue weighted by Gasteiger charge is 2.17. The Balaban J connectivity index is 2.56. The molecule has 0 aliphatic carbocycles. The van der Waals surface area contributed by atoms with E-state index in [-0.39, 0.29) is 5.41 Å². The number of hydrogen-bond donors (Lipinski definition) is 3. The summed E-state index contributed by atoms with van der Waals surface area (Å²) in [7, 11) is 0. The van der Waals surface area contributed by atoms with Crippen LogP contribution in [0.1, 0.15) is 26.6 Å². The zero-order valence-corrected chi connectivity index (χ0v) is 9.26. The molecule has 0 aliphatic rings. The van der Waals surface area contributed by atoms with Crippen molar-refractivity contribution in [3.8, 4) is 0 Å². The van der Waals surface area contributed by atoms with E-state index in [0.717, 1.165) is 22.5 Å². The first-order valence-electron chi connectivity index (χ1n) is 4.97. The number of nitrogens with one attached hydrogen (secondary N) is 2. The number of nitrogens with two attached hydrogens (primary N) is 1. The highest BCUT2D eigenvalue weighted by atomic mass is 15.2. The Bertz CT molecular complexity index is 479. The van der Waals surface area contributed by atoms with E-state index in [1.807, 2.05) is 18.2 Å². The van der Waals surface area contributed by atoms with Crippen LogP contribution >= 0.6 is 0 Å². The van der Waals surface area contributed by atoms with Gasteiger partial charge in [-0.3, -0.25) is 5.84 Å². The molecule has 0 spiro atoms. The molecule has 4 nitrogen and oxygen atoms in total. The van der Waals surface area contributed by atoms with Crippen LogP contribution in [0.15, 0.2) is 18.2 Å². The van der Waals surface area contributed by atoms with Crippen LogP contribution in [0.3, 0.4) is 0 Å². The van der Waals surface area contributed by atoms with Crippen LogP contribution in [-0.4, -0.2) is 9.97 Å². The number of fused-ring (bicyclic) bond motifs is 1. The second-order valence-corrected chi connectivity index (χ2v) is 4.71. The van der Waals surface area contributed by atoms with Gasteiger partial charge < -0.3 is 10.4 Å². The molecule has 4 heteroatoms. The molecular formula is C11H16N4. The van der Waals surface area contributed by atoms with Crippen LogP contribution in [0.2, 0.25) is 0 Å². The third-order valence-electron chi connectivity index (χ3n) is 2.36. The van der Waals surface area contributed by atoms with Crippen LogP contribution in [0.4, 0.5) is 5.69 Å². The zero-order chi connectivity index (χ0) is 11.1. The number of nitrogen functional groups attached to an aromatic ring is 1. The summed E-state index contributed by atoms with van der Waals surface area (Å²) >= 11 is 0. The number of imidazole rings is 1. The first-order chi connectivity index (χ1) is 7.00. The third kappa shape index (κ3) is 1.80. The molecule has 0 fully saturated rings. The van der Waals surface area contributed by atoms with Crippen LogP contribution in [-0.2, 0) is 5.41 Å². The van der Waals surface area contributed by atoms with E-state index in [9.17, 15) is 0 Å². The Morgan fingerprint density at radius 3 is 2.67 bits per heavy atom. The molecule has 0 bridgehead atoms. The molecule has 0 saturated carbocycles. The second-order valence-electron chi connectivity index (χ2n) is 4.71. The lowest BCUT2D eigenvalue weighted by Crippen LogP contribution is -2.12. The average molecular weight is 204 g/mol. The summed E-state index contributed by atoms with van der Waals surface area (Å²) in [6, 6.07) is 5.82. The van der Waals surface area contributed by atoms with Crippen molar-refractivity contribution in [2.45, 2.75) is 26.2 Å². The fourth-order valence-corrected chi connectivity index (χ4v) is 1.45. The van der Waals surface area contributed by atoms with E-state index < -0.39 is 0 Å². The third-order valence-corrected chi connectivity index (χ3v) is 2.36. The van der Waals surface area contributed by atoms with Crippen molar-refractivity contribution in [3.63, 3.8) is 0 Å². The molecule has 0 radical (unpaired) electrons. The first kappa shape index (κ1) is 9.98. The Morgan fingerprint density at radius 1 is 1.33 bits per heavy atom. The fraction of sp³-hybridized carbons (Fsp3) is 0.364. The lowest BCUT2D eigenvalue weighted by Gasteiger charge is -2.13. The summed E-state index contributed by atoms with van der Waals surface area (Å²) in [5.41, 5.74) is 5.52. The predicted octanol–water partition coefficient (Wildman–Crippen LogP) is 2.15. The normalized spacial score (nSPS) is 12.0. The van der Waals surface area contributed by atoms with E-state index in [2.05, 4.69) is 36.2 Å². The Morgan fingerprint density at radius 2 is 2.07 bits per heavy atom. The minimum Gasteiger partial charge on any atom is -0.341 e. The molecule has 0 amide bonds. The molecular weight excluding hydrogens is 188 g/mol. The molecule has 15 heavy (non-hydrogen) atoms. The number of aromatic nitrogens is 2. The Hall–Kier alpha value is -1.55. The standard InChI is InChI=1S/C11H16N4/c1-11(2,3)10-13-8-5-4-7(15-12)6-9(8)14-10/h4-6,15H,12H2,1-3H3,(H,13,14). The van der Waals surface area contributed by atoms with Gasteiger partial charge in [-0.1, -0.05) is 20.8 Å². The minimum atomic E-state index is 0.0370. The Kier molecular flexibility index (Phi) is 2.16. The van der Waals surface area contributed by atoms with E-state index >= 15 is 0 Å². The maximum absolute atomic E-state index is 5.35. The number of aromatic amines is 1. The summed E-state index contributed by atoms with van der Waals surface area (Å²) in [4.78, 5) is 7.84. The maximum atomic E-state index is 5.35. The fourth-order valence-electron chi connectivity index (χ4n) is 1.45. The molecule has 0 saturated heterocycles. The minimum absolute atomic E-state index is 0.0370. The van der Waals surface area contributed by atoms with Gasteiger partial charge in [0.15, 0.2) is 0 Å². The summed E-state index contributed by atoms with van der Waals surface area (Å²) < 4.78 is 0. The highest BCUT2D eigenvalue weighted by Crippen LogP contribution is 2.23. The lowest BCUT2D eigenvalue weighted by atomic mass is 9.96. The number of hydrogen-bond acceptors (Lipinski definition) is 3. The van der Waals surface area contributed by atoms with Gasteiger partial charge in [-0.2, -0.15) is 0 Å². The largest absolute Gasteiger partial charge is 0.341 e. The number of anilines is 1. The molecule has 1 heterocycles. The zero-order valence-electron chi connectivity index (χ0n) is 9.26. The van der Waals surface area contributed by atoms with Gasteiger partial charge in [0.25, 0.3) is 0 Å². The van der Waals surface area contributed by atoms with Crippen LogP contribution < -0.4 is 11.3 Å². The topological polar surface area (TPSA) is 66.7 Å². The van der Waals surface area contributed by atoms with Gasteiger partial charge in [0.05, 0.1) is 16.7 Å². The predicted molar refractivity (Wildman–Crippen MR) is 62.6 cm³/mol. The van der Waals surface area contributed by atoms with Gasteiger partial charge in [-0.15, -0.1) is 0 Å². The summed E-state index contributed by atoms with van der Waals surface area (Å²) in [6.45, 7) is 6.40. The van der Waals surface area contributed by atoms with Crippen LogP contribution in [0.5, 0.6) is 0 Å². The Labute approximate surface area is 88.9 Å². The molecule has 4 N–H and O–H groups in total. The average Bonchev–Trinajstić information content (AvgIpc) is 2.59. The van der Waals surface area contributed by atoms with Crippen LogP contribution in [0, 0.1) is 0 Å². The van der Waals surface area contributed by atoms with Crippen molar-refractivity contribution in [1.82, 2.24) is 9.97 Å². The van der Waals surface area contributed by atoms with Gasteiger partial charge in [0, 0.05) is 5.41 Å². The molecule has 0 aliphatic heterocycles. The van der Waals surface area contributed by atoms with Crippen molar-refractivity contribution < 1.29 is 0 Å². The summed E-state index contributed by atoms with van der Waals surface area (Å²) in [5, 5.41) is 0. The van der Waals surface area contributed by atoms with Crippen molar-refractivity contribution in [1.29, 1.82) is 0 Å². The smallest absolute Gasteiger partial charge is 0.112 e. The van der Waals surface area contributed by atoms with Crippen molar-refractivity contribution in [2.24, 2.45) is 5.84 Å². The van der Waals surface area contributed by atoms with Gasteiger partial charge in [0.1, 0.15) is 5.82 Å². The molecule has 1 aromatic heterocycles. The number of nitrogens with zero attached hydrogens (tertiary/aromatic N) is 1. The molecule has 80 valence electrons. The molecule has 1 aromatic carbocycles. The molecule has 2 aromatic rings. The molecule has 0 atom stereocenters. The van der Waals surface area contributed by atoms with Crippen LogP contribution in [0.25, 0.3) is 11.0 Å². The van der Waals surface area contributed by atoms with E-state index in [0.29, 0.717) is 0 Å². The second kappa shape index (κ2) is 3.24. The van der Waals surface area contributed by atoms with E-state index in [1.165, 1.54) is 0 Å². The van der Waals surface area contributed by atoms with Crippen molar-refractivity contribution in [2.75, 3.05) is 5.43 Å². The SMILES string of the molecule is CC(C)(C)c1nc2ccc(NN)cc2[nH]1. The van der Waals surface area contributed by atoms with Gasteiger partial charge >= 0.3 is 0 Å². The summed E-state index contributed by atoms with van der Waals surface area (Å²) in [5.74, 6) is 6.34. The lowest BCUT2D eigenvalue weighted by molar-refractivity contribution is 0.554. The number of rotatable bonds is 1. The summed E-state index contributed by atoms with van der Waals surface area (Å²) in [6.07, 6.45) is 0. The molecule has 2 rings (SSSR count). The van der Waals surface area contributed by atoms with Crippen molar-refractivity contribution in [3.05, 3.63) is 24.0 Å². The monoisotopic (exact) mass is 204 g/mol. The van der Waals surface area contributed by atoms with Gasteiger partial charge in [-0.05, 0) is 18.2 Å². The van der Waals surface area contributed by atoms with E-state index in [1.54, 1.807) is 0 Å². The number of hydrazine groups is 1. The first-order valence-corrected chi connectivity index (χ1v) is 4.97. The molecule has 0 unspecified atom stereocenters. The maximum Gasteiger partial charge on any atom is 0.112 e. The quantitative estimate of drug-likeness (QED) is 0.492. The van der Waals surface area contributed by atoms with Gasteiger partial charge in [-0.25, -0.2) is 4.98 Å². The van der Waals surface area contributed by atoms with E-state index in [4.69, 9.17) is 5.84 Å². The van der Waals surface area contributed by atoms with Crippen molar-refractivity contribution >= 4 is 16.7 Å². The highest BCUT2D eigenvalue weighted by molar-refractivity contribution is 5.79.